The van der Waals surface area contributed by atoms with Gasteiger partial charge in [-0.2, -0.15) is 5.26 Å². The van der Waals surface area contributed by atoms with E-state index in [0.29, 0.717) is 24.3 Å². The van der Waals surface area contributed by atoms with Crippen molar-refractivity contribution in [1.82, 2.24) is 14.4 Å². The first-order valence-corrected chi connectivity index (χ1v) is 12.4. The Hall–Kier alpha value is -4.14. The smallest absolute Gasteiger partial charge is 0.272 e. The maximum absolute atomic E-state index is 13.7. The summed E-state index contributed by atoms with van der Waals surface area (Å²) in [6.07, 6.45) is 1.83. The number of nitrogens with zero attached hydrogens (tertiary/aromatic N) is 4. The second-order valence-electron chi connectivity index (χ2n) is 9.38. The molecule has 0 aliphatic carbocycles. The summed E-state index contributed by atoms with van der Waals surface area (Å²) in [5.74, 6) is -0.0922. The van der Waals surface area contributed by atoms with Crippen molar-refractivity contribution in [2.24, 2.45) is 0 Å². The molecule has 1 fully saturated rings. The molecule has 1 amide bonds. The first-order chi connectivity index (χ1) is 17.6. The summed E-state index contributed by atoms with van der Waals surface area (Å²) in [7, 11) is 0. The molecule has 0 saturated carbocycles. The first-order valence-electron chi connectivity index (χ1n) is 12.4. The number of piperazine rings is 1. The quantitative estimate of drug-likeness (QED) is 0.383. The van der Waals surface area contributed by atoms with Crippen molar-refractivity contribution in [3.8, 4) is 11.8 Å². The molecule has 0 radical (unpaired) electrons. The van der Waals surface area contributed by atoms with Crippen molar-refractivity contribution in [1.29, 1.82) is 5.26 Å². The van der Waals surface area contributed by atoms with Crippen molar-refractivity contribution >= 4 is 5.91 Å². The van der Waals surface area contributed by atoms with E-state index in [2.05, 4.69) is 85.5 Å². The minimum atomic E-state index is -0.0922. The molecular weight excluding hydrogens is 444 g/mol. The summed E-state index contributed by atoms with van der Waals surface area (Å²) in [4.78, 5) is 18.1. The van der Waals surface area contributed by atoms with Crippen molar-refractivity contribution < 1.29 is 4.79 Å². The number of hydrogen-bond acceptors (Lipinski definition) is 3. The highest BCUT2D eigenvalue weighted by Gasteiger charge is 2.30. The number of hydrogen-bond donors (Lipinski definition) is 0. The Bertz CT molecular complexity index is 1350. The third-order valence-corrected chi connectivity index (χ3v) is 7.18. The van der Waals surface area contributed by atoms with Gasteiger partial charge in [0.25, 0.3) is 5.91 Å². The summed E-state index contributed by atoms with van der Waals surface area (Å²) in [6, 6.07) is 31.3. The average Bonchev–Trinajstić information content (AvgIpc) is 3.36. The van der Waals surface area contributed by atoms with Crippen LogP contribution >= 0.6 is 0 Å². The van der Waals surface area contributed by atoms with Gasteiger partial charge >= 0.3 is 0 Å². The number of carbonyl (C=O) groups excluding carboxylic acids is 1. The second kappa shape index (κ2) is 10.2. The molecule has 0 atom stereocenters. The van der Waals surface area contributed by atoms with Crippen LogP contribution in [0.1, 0.15) is 44.3 Å². The van der Waals surface area contributed by atoms with Crippen LogP contribution in [-0.2, 0) is 0 Å². The molecule has 1 aromatic heterocycles. The largest absolute Gasteiger partial charge is 0.335 e. The van der Waals surface area contributed by atoms with Crippen LogP contribution in [0.25, 0.3) is 5.69 Å². The first kappa shape index (κ1) is 23.6. The third-order valence-electron chi connectivity index (χ3n) is 7.18. The molecular formula is C31H30N4O. The van der Waals surface area contributed by atoms with Crippen molar-refractivity contribution in [2.45, 2.75) is 19.9 Å². The lowest BCUT2D eigenvalue weighted by atomic mass is 9.96. The Kier molecular flexibility index (Phi) is 6.71. The highest BCUT2D eigenvalue weighted by atomic mass is 16.2. The van der Waals surface area contributed by atoms with E-state index >= 15 is 0 Å². The number of aryl methyl sites for hydroxylation is 2. The molecule has 4 aromatic rings. The van der Waals surface area contributed by atoms with Crippen LogP contribution in [0.5, 0.6) is 0 Å². The molecule has 5 nitrogen and oxygen atoms in total. The molecule has 1 aliphatic rings. The fourth-order valence-electron chi connectivity index (χ4n) is 5.05. The molecule has 5 heteroatoms. The lowest BCUT2D eigenvalue weighted by Gasteiger charge is -2.40. The van der Waals surface area contributed by atoms with Gasteiger partial charge in [0.05, 0.1) is 11.6 Å². The molecule has 0 bridgehead atoms. The number of aromatic nitrogens is 1. The van der Waals surface area contributed by atoms with Crippen LogP contribution in [0.15, 0.2) is 91.1 Å². The maximum Gasteiger partial charge on any atom is 0.272 e. The van der Waals surface area contributed by atoms with Crippen LogP contribution < -0.4 is 0 Å². The Morgan fingerprint density at radius 2 is 1.42 bits per heavy atom. The predicted octanol–water partition coefficient (Wildman–Crippen LogP) is 5.51. The number of benzene rings is 3. The fourth-order valence-corrected chi connectivity index (χ4v) is 5.05. The van der Waals surface area contributed by atoms with Gasteiger partial charge < -0.3 is 9.47 Å². The molecule has 36 heavy (non-hydrogen) atoms. The SMILES string of the molecule is Cc1ccc(-n2ccc(C#N)c2C(=O)N2CCN(C(c3ccccc3)c3ccccc3)CC2)cc1C. The Morgan fingerprint density at radius 3 is 1.97 bits per heavy atom. The van der Waals surface area contributed by atoms with E-state index in [1.165, 1.54) is 16.7 Å². The van der Waals surface area contributed by atoms with E-state index in [1.807, 2.05) is 33.9 Å². The number of carbonyl (C=O) groups is 1. The maximum atomic E-state index is 13.7. The molecule has 5 rings (SSSR count). The zero-order valence-corrected chi connectivity index (χ0v) is 20.8. The fraction of sp³-hybridized carbons (Fsp3) is 0.226. The van der Waals surface area contributed by atoms with Gasteiger partial charge in [-0.15, -0.1) is 0 Å². The van der Waals surface area contributed by atoms with Gasteiger partial charge in [-0.05, 0) is 54.3 Å². The normalized spacial score (nSPS) is 14.1. The van der Waals surface area contributed by atoms with Gasteiger partial charge in [0.2, 0.25) is 0 Å². The van der Waals surface area contributed by atoms with E-state index in [-0.39, 0.29) is 11.9 Å². The highest BCUT2D eigenvalue weighted by Crippen LogP contribution is 2.30. The zero-order valence-electron chi connectivity index (χ0n) is 20.8. The Balaban J connectivity index is 1.39. The van der Waals surface area contributed by atoms with E-state index in [0.717, 1.165) is 24.3 Å². The van der Waals surface area contributed by atoms with Crippen molar-refractivity contribution in [3.05, 3.63) is 125 Å². The van der Waals surface area contributed by atoms with Gasteiger partial charge in [0, 0.05) is 38.1 Å². The number of nitriles is 1. The van der Waals surface area contributed by atoms with Crippen LogP contribution in [0, 0.1) is 25.2 Å². The standard InChI is InChI=1S/C31H30N4O/c1-23-13-14-28(21-24(23)2)35-16-15-27(22-32)30(35)31(36)34-19-17-33(18-20-34)29(25-9-5-3-6-10-25)26-11-7-4-8-12-26/h3-16,21,29H,17-20H2,1-2H3. The van der Waals surface area contributed by atoms with Gasteiger partial charge in [-0.3, -0.25) is 9.69 Å². The predicted molar refractivity (Wildman–Crippen MR) is 142 cm³/mol. The number of amides is 1. The van der Waals surface area contributed by atoms with Gasteiger partial charge in [0.15, 0.2) is 0 Å². The van der Waals surface area contributed by atoms with Gasteiger partial charge in [0.1, 0.15) is 11.8 Å². The highest BCUT2D eigenvalue weighted by molar-refractivity contribution is 5.96. The monoisotopic (exact) mass is 474 g/mol. The summed E-state index contributed by atoms with van der Waals surface area (Å²) in [5, 5.41) is 9.75. The van der Waals surface area contributed by atoms with Crippen LogP contribution in [0.3, 0.4) is 0 Å². The third kappa shape index (κ3) is 4.56. The second-order valence-corrected chi connectivity index (χ2v) is 9.38. The summed E-state index contributed by atoms with van der Waals surface area (Å²) >= 11 is 0. The van der Waals surface area contributed by atoms with E-state index in [1.54, 1.807) is 6.07 Å². The lowest BCUT2D eigenvalue weighted by molar-refractivity contribution is 0.0589. The van der Waals surface area contributed by atoms with Gasteiger partial charge in [-0.25, -0.2) is 0 Å². The molecule has 3 aromatic carbocycles. The van der Waals surface area contributed by atoms with Crippen LogP contribution in [0.2, 0.25) is 0 Å². The minimum Gasteiger partial charge on any atom is -0.335 e. The Labute approximate surface area is 212 Å². The topological polar surface area (TPSA) is 52.3 Å². The molecule has 0 unspecified atom stereocenters. The summed E-state index contributed by atoms with van der Waals surface area (Å²) in [5.41, 5.74) is 6.60. The molecule has 0 spiro atoms. The minimum absolute atomic E-state index is 0.0922. The van der Waals surface area contributed by atoms with Crippen molar-refractivity contribution in [2.75, 3.05) is 26.2 Å². The lowest BCUT2D eigenvalue weighted by Crippen LogP contribution is -2.50. The zero-order chi connectivity index (χ0) is 25.1. The molecule has 2 heterocycles. The van der Waals surface area contributed by atoms with E-state index in [9.17, 15) is 10.1 Å². The van der Waals surface area contributed by atoms with Crippen LogP contribution in [0.4, 0.5) is 0 Å². The Morgan fingerprint density at radius 1 is 0.806 bits per heavy atom. The van der Waals surface area contributed by atoms with Crippen molar-refractivity contribution in [3.63, 3.8) is 0 Å². The van der Waals surface area contributed by atoms with Gasteiger partial charge in [-0.1, -0.05) is 66.7 Å². The van der Waals surface area contributed by atoms with E-state index < -0.39 is 0 Å². The van der Waals surface area contributed by atoms with Crippen LogP contribution in [-0.4, -0.2) is 46.5 Å². The molecule has 0 N–H and O–H groups in total. The molecule has 1 aliphatic heterocycles. The molecule has 180 valence electrons. The summed E-state index contributed by atoms with van der Waals surface area (Å²) in [6.45, 7) is 6.86. The summed E-state index contributed by atoms with van der Waals surface area (Å²) < 4.78 is 1.86. The number of rotatable bonds is 5. The van der Waals surface area contributed by atoms with E-state index in [4.69, 9.17) is 0 Å². The average molecular weight is 475 g/mol. The molecule has 1 saturated heterocycles.